The summed E-state index contributed by atoms with van der Waals surface area (Å²) in [5.74, 6) is -0.194. The highest BCUT2D eigenvalue weighted by Crippen LogP contribution is 2.43. The molecule has 3 unspecified atom stereocenters. The summed E-state index contributed by atoms with van der Waals surface area (Å²) in [6.45, 7) is 4.81. The van der Waals surface area contributed by atoms with E-state index in [0.717, 1.165) is 44.9 Å². The minimum Gasteiger partial charge on any atom is -0.387 e. The monoisotopic (exact) mass is 1020 g/mol. The number of allylic oxidation sites excluding steroid dienone is 7. The van der Waals surface area contributed by atoms with Crippen LogP contribution in [0.25, 0.3) is 0 Å². The molecule has 0 aromatic rings. The van der Waals surface area contributed by atoms with Gasteiger partial charge in [0.2, 0.25) is 5.91 Å². The third-order valence-corrected chi connectivity index (χ3v) is 14.7. The van der Waals surface area contributed by atoms with Crippen molar-refractivity contribution in [3.63, 3.8) is 0 Å². The maximum atomic E-state index is 13.0. The van der Waals surface area contributed by atoms with E-state index in [1.54, 1.807) is 6.08 Å². The van der Waals surface area contributed by atoms with Crippen molar-refractivity contribution in [1.29, 1.82) is 0 Å². The third kappa shape index (κ3) is 56.0. The van der Waals surface area contributed by atoms with Gasteiger partial charge in [-0.3, -0.25) is 13.8 Å². The summed E-state index contributed by atoms with van der Waals surface area (Å²) < 4.78 is 23.7. The maximum absolute atomic E-state index is 13.0. The molecule has 3 N–H and O–H groups in total. The van der Waals surface area contributed by atoms with Crippen LogP contribution in [0.4, 0.5) is 0 Å². The van der Waals surface area contributed by atoms with Crippen molar-refractivity contribution in [2.75, 3.05) is 40.9 Å². The Hall–Kier alpha value is -1.54. The van der Waals surface area contributed by atoms with Crippen LogP contribution in [0, 0.1) is 0 Å². The van der Waals surface area contributed by atoms with E-state index in [0.29, 0.717) is 17.4 Å². The number of carbonyl (C=O) groups excluding carboxylic acids is 1. The van der Waals surface area contributed by atoms with E-state index in [-0.39, 0.29) is 19.1 Å². The number of nitrogens with one attached hydrogen (secondary N) is 1. The molecule has 0 aromatic heterocycles. The van der Waals surface area contributed by atoms with Crippen molar-refractivity contribution in [1.82, 2.24) is 5.32 Å². The molecule has 71 heavy (non-hydrogen) atoms. The number of quaternary nitrogens is 1. The van der Waals surface area contributed by atoms with Gasteiger partial charge in [0, 0.05) is 6.42 Å². The fourth-order valence-corrected chi connectivity index (χ4v) is 9.69. The Kier molecular flexibility index (Phi) is 52.1. The molecule has 0 aliphatic heterocycles. The average Bonchev–Trinajstić information content (AvgIpc) is 3.33. The fraction of sp³-hybridized carbons (Fsp3) is 0.855. The molecule has 0 heterocycles. The van der Waals surface area contributed by atoms with E-state index in [2.05, 4.69) is 55.6 Å². The Labute approximate surface area is 441 Å². The number of hydrogen-bond acceptors (Lipinski definition) is 5. The van der Waals surface area contributed by atoms with Crippen LogP contribution in [0.2, 0.25) is 0 Å². The van der Waals surface area contributed by atoms with E-state index in [4.69, 9.17) is 9.05 Å². The van der Waals surface area contributed by atoms with Gasteiger partial charge in [-0.2, -0.15) is 0 Å². The number of amides is 1. The SMILES string of the molecule is CCCCCCCC/C=C\CCCCCCCCCC(=O)NC(COP(=O)(O)OCC[N+](C)(C)C)C(O)/C=C/CC/C=C/CC/C=C/CCCCCCCCCCCCCCCCCCCCCCCC. The van der Waals surface area contributed by atoms with Gasteiger partial charge in [0.1, 0.15) is 13.2 Å². The van der Waals surface area contributed by atoms with Crippen molar-refractivity contribution in [3.05, 3.63) is 48.6 Å². The first-order valence-electron chi connectivity index (χ1n) is 30.5. The quantitative estimate of drug-likeness (QED) is 0.0243. The second-order valence-corrected chi connectivity index (χ2v) is 23.5. The summed E-state index contributed by atoms with van der Waals surface area (Å²) in [6, 6.07) is -0.873. The highest BCUT2D eigenvalue weighted by molar-refractivity contribution is 7.47. The molecule has 0 saturated carbocycles. The lowest BCUT2D eigenvalue weighted by atomic mass is 10.0. The molecule has 0 fully saturated rings. The number of phosphoric ester groups is 1. The molecule has 8 nitrogen and oxygen atoms in total. The largest absolute Gasteiger partial charge is 0.472 e. The van der Waals surface area contributed by atoms with Crippen molar-refractivity contribution in [3.8, 4) is 0 Å². The Balaban J connectivity index is 4.18. The number of likely N-dealkylation sites (N-methyl/N-ethyl adjacent to an activating group) is 1. The summed E-state index contributed by atoms with van der Waals surface area (Å²) in [7, 11) is 1.55. The summed E-state index contributed by atoms with van der Waals surface area (Å²) in [5, 5.41) is 13.9. The van der Waals surface area contributed by atoms with Crippen LogP contribution < -0.4 is 5.32 Å². The van der Waals surface area contributed by atoms with Crippen molar-refractivity contribution >= 4 is 13.7 Å². The molecule has 0 aliphatic carbocycles. The summed E-state index contributed by atoms with van der Waals surface area (Å²) in [6.07, 6.45) is 71.0. The number of unbranched alkanes of at least 4 members (excludes halogenated alkanes) is 37. The van der Waals surface area contributed by atoms with Gasteiger partial charge in [0.05, 0.1) is 39.9 Å². The van der Waals surface area contributed by atoms with Crippen molar-refractivity contribution < 1.29 is 32.9 Å². The number of hydrogen-bond donors (Lipinski definition) is 3. The van der Waals surface area contributed by atoms with E-state index in [9.17, 15) is 19.4 Å². The van der Waals surface area contributed by atoms with Gasteiger partial charge in [-0.25, -0.2) is 4.57 Å². The van der Waals surface area contributed by atoms with Crippen LogP contribution >= 0.6 is 7.82 Å². The molecule has 0 aromatic carbocycles. The normalized spacial score (nSPS) is 14.2. The number of nitrogens with zero attached hydrogens (tertiary/aromatic N) is 1. The van der Waals surface area contributed by atoms with E-state index >= 15 is 0 Å². The predicted octanol–water partition coefficient (Wildman–Crippen LogP) is 18.7. The van der Waals surface area contributed by atoms with E-state index in [1.807, 2.05) is 27.2 Å². The second kappa shape index (κ2) is 53.3. The highest BCUT2D eigenvalue weighted by Gasteiger charge is 2.27. The Bertz CT molecular complexity index is 1290. The molecule has 0 rings (SSSR count). The highest BCUT2D eigenvalue weighted by atomic mass is 31.2. The number of rotatable bonds is 56. The molecule has 0 radical (unpaired) electrons. The molecular weight excluding hydrogens is 900 g/mol. The predicted molar refractivity (Wildman–Crippen MR) is 309 cm³/mol. The van der Waals surface area contributed by atoms with Crippen LogP contribution in [0.5, 0.6) is 0 Å². The van der Waals surface area contributed by atoms with E-state index < -0.39 is 20.0 Å². The van der Waals surface area contributed by atoms with Gasteiger partial charge in [0.15, 0.2) is 0 Å². The molecule has 0 aliphatic rings. The molecule has 418 valence electrons. The lowest BCUT2D eigenvalue weighted by Crippen LogP contribution is -2.45. The van der Waals surface area contributed by atoms with Gasteiger partial charge in [0.25, 0.3) is 0 Å². The molecule has 0 saturated heterocycles. The number of aliphatic hydroxyl groups excluding tert-OH is 1. The zero-order valence-electron chi connectivity index (χ0n) is 47.7. The standard InChI is InChI=1S/C62H119N2O6P/c1-6-8-10-12-14-16-18-20-22-24-25-26-27-28-29-30-31-32-33-34-35-36-37-38-40-41-43-45-47-49-51-53-55-61(65)60(59-70-71(67,68)69-58-57-64(3,4)5)63-62(66)56-54-52-50-48-46-44-42-39-23-21-19-17-15-13-11-9-7-2/h21,23,38,40,45,47,53,55,60-61,65H,6-20,22,24-37,39,41-44,46,48-52,54,56-59H2,1-5H3,(H-,63,66,67,68)/p+1/b23-21-,40-38+,47-45+,55-53+. The molecule has 3 atom stereocenters. The lowest BCUT2D eigenvalue weighted by Gasteiger charge is -2.25. The van der Waals surface area contributed by atoms with Crippen LogP contribution in [0.15, 0.2) is 48.6 Å². The van der Waals surface area contributed by atoms with Crippen LogP contribution in [-0.4, -0.2) is 73.4 Å². The Morgan fingerprint density at radius 3 is 1.13 bits per heavy atom. The zero-order chi connectivity index (χ0) is 52.0. The molecule has 9 heteroatoms. The van der Waals surface area contributed by atoms with E-state index in [1.165, 1.54) is 225 Å². The van der Waals surface area contributed by atoms with Crippen LogP contribution in [-0.2, 0) is 18.4 Å². The summed E-state index contributed by atoms with van der Waals surface area (Å²) in [5.41, 5.74) is 0. The van der Waals surface area contributed by atoms with Gasteiger partial charge in [-0.05, 0) is 70.6 Å². The smallest absolute Gasteiger partial charge is 0.387 e. The lowest BCUT2D eigenvalue weighted by molar-refractivity contribution is -0.870. The van der Waals surface area contributed by atoms with Gasteiger partial charge >= 0.3 is 7.82 Å². The summed E-state index contributed by atoms with van der Waals surface area (Å²) in [4.78, 5) is 23.3. The average molecular weight is 1020 g/mol. The van der Waals surface area contributed by atoms with Crippen LogP contribution in [0.3, 0.4) is 0 Å². The first-order valence-corrected chi connectivity index (χ1v) is 32.0. The Morgan fingerprint density at radius 1 is 0.465 bits per heavy atom. The number of aliphatic hydroxyl groups is 1. The Morgan fingerprint density at radius 2 is 0.775 bits per heavy atom. The first-order chi connectivity index (χ1) is 34.5. The molecular formula is C62H120N2O6P+. The summed E-state index contributed by atoms with van der Waals surface area (Å²) >= 11 is 0. The maximum Gasteiger partial charge on any atom is 0.472 e. The van der Waals surface area contributed by atoms with Gasteiger partial charge < -0.3 is 19.8 Å². The van der Waals surface area contributed by atoms with Gasteiger partial charge in [-0.1, -0.05) is 262 Å². The van der Waals surface area contributed by atoms with Gasteiger partial charge in [-0.15, -0.1) is 0 Å². The number of carbonyl (C=O) groups is 1. The topological polar surface area (TPSA) is 105 Å². The molecule has 0 bridgehead atoms. The van der Waals surface area contributed by atoms with Crippen molar-refractivity contribution in [2.24, 2.45) is 0 Å². The first kappa shape index (κ1) is 69.5. The fourth-order valence-electron chi connectivity index (χ4n) is 8.95. The molecule has 0 spiro atoms. The molecule has 1 amide bonds. The van der Waals surface area contributed by atoms with Crippen LogP contribution in [0.1, 0.15) is 290 Å². The number of phosphoric acid groups is 1. The zero-order valence-corrected chi connectivity index (χ0v) is 48.6. The minimum atomic E-state index is -4.36. The second-order valence-electron chi connectivity index (χ2n) is 22.1. The third-order valence-electron chi connectivity index (χ3n) is 13.7. The van der Waals surface area contributed by atoms with Crippen molar-refractivity contribution in [2.45, 2.75) is 302 Å². The minimum absolute atomic E-state index is 0.0522.